The second-order valence-corrected chi connectivity index (χ2v) is 2.44. The largest absolute Gasteiger partial charge is 0.479 e. The summed E-state index contributed by atoms with van der Waals surface area (Å²) in [6, 6.07) is 4.10. The zero-order valence-electron chi connectivity index (χ0n) is 7.25. The van der Waals surface area contributed by atoms with Crippen LogP contribution in [0.2, 0.25) is 0 Å². The predicted molar refractivity (Wildman–Crippen MR) is 49.9 cm³/mol. The quantitative estimate of drug-likeness (QED) is 0.564. The average molecular weight is 190 g/mol. The third-order valence-electron chi connectivity index (χ3n) is 1.58. The molecule has 0 aromatic heterocycles. The van der Waals surface area contributed by atoms with Gasteiger partial charge in [-0.15, -0.1) is 6.42 Å². The number of nitrogen functional groups attached to an aromatic ring is 1. The van der Waals surface area contributed by atoms with Gasteiger partial charge in [0.2, 0.25) is 0 Å². The summed E-state index contributed by atoms with van der Waals surface area (Å²) in [4.78, 5) is 0. The van der Waals surface area contributed by atoms with E-state index >= 15 is 0 Å². The summed E-state index contributed by atoms with van der Waals surface area (Å²) in [6.45, 7) is 0.0285. The van der Waals surface area contributed by atoms with Crippen LogP contribution in [0.25, 0.3) is 0 Å². The first-order valence-corrected chi connectivity index (χ1v) is 3.75. The van der Waals surface area contributed by atoms with Crippen molar-refractivity contribution in [3.8, 4) is 24.2 Å². The van der Waals surface area contributed by atoms with Gasteiger partial charge >= 0.3 is 0 Å². The van der Waals surface area contributed by atoms with Gasteiger partial charge in [0.15, 0.2) is 0 Å². The van der Waals surface area contributed by atoms with Crippen LogP contribution in [0.1, 0.15) is 5.56 Å². The highest BCUT2D eigenvalue weighted by atomic mass is 19.1. The number of rotatable bonds is 2. The Labute approximate surface area is 80.9 Å². The molecule has 0 aliphatic carbocycles. The van der Waals surface area contributed by atoms with Crippen LogP contribution in [0.4, 0.5) is 10.1 Å². The maximum Gasteiger partial charge on any atom is 0.148 e. The van der Waals surface area contributed by atoms with Crippen molar-refractivity contribution >= 4 is 5.69 Å². The Balaban J connectivity index is 3.11. The molecule has 0 spiro atoms. The Kier molecular flexibility index (Phi) is 2.93. The summed E-state index contributed by atoms with van der Waals surface area (Å²) in [5.41, 5.74) is 5.23. The molecule has 1 rings (SSSR count). The number of hydrogen-bond donors (Lipinski definition) is 1. The molecule has 0 heterocycles. The third kappa shape index (κ3) is 1.75. The number of nitriles is 1. The summed E-state index contributed by atoms with van der Waals surface area (Å²) in [6.07, 6.45) is 4.97. The lowest BCUT2D eigenvalue weighted by Gasteiger charge is -2.07. The van der Waals surface area contributed by atoms with E-state index < -0.39 is 5.82 Å². The monoisotopic (exact) mass is 190 g/mol. The minimum absolute atomic E-state index is 0.0252. The molecule has 70 valence electrons. The Morgan fingerprint density at radius 2 is 2.29 bits per heavy atom. The first-order chi connectivity index (χ1) is 6.70. The number of halogens is 1. The Morgan fingerprint density at radius 3 is 2.86 bits per heavy atom. The smallest absolute Gasteiger partial charge is 0.148 e. The number of ether oxygens (including phenoxy) is 1. The van der Waals surface area contributed by atoms with E-state index in [1.807, 2.05) is 0 Å². The van der Waals surface area contributed by atoms with Crippen LogP contribution in [0.3, 0.4) is 0 Å². The molecule has 0 saturated heterocycles. The number of anilines is 1. The van der Waals surface area contributed by atoms with Gasteiger partial charge in [0.25, 0.3) is 0 Å². The fourth-order valence-electron chi connectivity index (χ4n) is 0.933. The van der Waals surface area contributed by atoms with Crippen molar-refractivity contribution in [2.75, 3.05) is 12.3 Å². The Bertz CT molecular complexity index is 429. The molecule has 2 N–H and O–H groups in total. The van der Waals surface area contributed by atoms with Gasteiger partial charge in [0.05, 0.1) is 5.69 Å². The van der Waals surface area contributed by atoms with Gasteiger partial charge in [-0.2, -0.15) is 5.26 Å². The lowest BCUT2D eigenvalue weighted by Crippen LogP contribution is -2.01. The minimum atomic E-state index is -0.668. The molecule has 4 heteroatoms. The highest BCUT2D eigenvalue weighted by molar-refractivity contribution is 5.63. The molecule has 1 aromatic rings. The van der Waals surface area contributed by atoms with Crippen molar-refractivity contribution in [1.29, 1.82) is 5.26 Å². The first-order valence-electron chi connectivity index (χ1n) is 3.75. The molecule has 0 fully saturated rings. The minimum Gasteiger partial charge on any atom is -0.479 e. The molecule has 0 amide bonds. The van der Waals surface area contributed by atoms with Crippen molar-refractivity contribution in [3.63, 3.8) is 0 Å². The lowest BCUT2D eigenvalue weighted by molar-refractivity contribution is 0.371. The molecule has 3 nitrogen and oxygen atoms in total. The fourth-order valence-corrected chi connectivity index (χ4v) is 0.933. The molecule has 0 aliphatic heterocycles. The van der Waals surface area contributed by atoms with E-state index in [0.29, 0.717) is 0 Å². The molecule has 0 atom stereocenters. The molecule has 0 unspecified atom stereocenters. The van der Waals surface area contributed by atoms with Crippen LogP contribution in [0.15, 0.2) is 12.1 Å². The Morgan fingerprint density at radius 1 is 1.57 bits per heavy atom. The summed E-state index contributed by atoms with van der Waals surface area (Å²) in [5.74, 6) is 1.80. The topological polar surface area (TPSA) is 59.0 Å². The van der Waals surface area contributed by atoms with Crippen molar-refractivity contribution in [1.82, 2.24) is 0 Å². The van der Waals surface area contributed by atoms with E-state index in [0.717, 1.165) is 6.07 Å². The number of nitrogens with two attached hydrogens (primary N) is 1. The summed E-state index contributed by atoms with van der Waals surface area (Å²) in [7, 11) is 0. The summed E-state index contributed by atoms with van der Waals surface area (Å²) in [5, 5.41) is 8.58. The van der Waals surface area contributed by atoms with Gasteiger partial charge < -0.3 is 10.5 Å². The molecular weight excluding hydrogens is 183 g/mol. The molecule has 0 saturated carbocycles. The van der Waals surface area contributed by atoms with Crippen LogP contribution < -0.4 is 10.5 Å². The van der Waals surface area contributed by atoms with Gasteiger partial charge in [-0.1, -0.05) is 5.92 Å². The lowest BCUT2D eigenvalue weighted by atomic mass is 10.2. The number of nitrogens with zero attached hydrogens (tertiary/aromatic N) is 1. The third-order valence-corrected chi connectivity index (χ3v) is 1.58. The molecule has 0 bridgehead atoms. The average Bonchev–Trinajstić information content (AvgIpc) is 2.18. The first kappa shape index (κ1) is 9.88. The van der Waals surface area contributed by atoms with Gasteiger partial charge in [-0.05, 0) is 12.1 Å². The van der Waals surface area contributed by atoms with Crippen molar-refractivity contribution < 1.29 is 9.13 Å². The van der Waals surface area contributed by atoms with E-state index in [2.05, 4.69) is 5.92 Å². The Hall–Kier alpha value is -2.20. The second-order valence-electron chi connectivity index (χ2n) is 2.44. The van der Waals surface area contributed by atoms with Crippen LogP contribution in [0.5, 0.6) is 5.75 Å². The van der Waals surface area contributed by atoms with Crippen LogP contribution in [-0.2, 0) is 0 Å². The highest BCUT2D eigenvalue weighted by Gasteiger charge is 2.10. The summed E-state index contributed by atoms with van der Waals surface area (Å²) >= 11 is 0. The normalized spacial score (nSPS) is 8.79. The van der Waals surface area contributed by atoms with Gasteiger partial charge in [0.1, 0.15) is 29.8 Å². The van der Waals surface area contributed by atoms with Crippen molar-refractivity contribution in [3.05, 3.63) is 23.5 Å². The molecule has 1 aromatic carbocycles. The van der Waals surface area contributed by atoms with E-state index in [1.165, 1.54) is 6.07 Å². The van der Waals surface area contributed by atoms with Crippen molar-refractivity contribution in [2.45, 2.75) is 0 Å². The zero-order valence-corrected chi connectivity index (χ0v) is 7.25. The van der Waals surface area contributed by atoms with Crippen LogP contribution in [0, 0.1) is 29.5 Å². The van der Waals surface area contributed by atoms with Crippen LogP contribution in [-0.4, -0.2) is 6.61 Å². The van der Waals surface area contributed by atoms with Crippen molar-refractivity contribution in [2.24, 2.45) is 0 Å². The van der Waals surface area contributed by atoms with E-state index in [-0.39, 0.29) is 23.6 Å². The standard InChI is InChI=1S/C10H7FN2O/c1-2-5-14-9-4-3-8(11)7(6-12)10(9)13/h1,3-4H,5,13H2. The van der Waals surface area contributed by atoms with Gasteiger partial charge in [-0.3, -0.25) is 0 Å². The maximum absolute atomic E-state index is 13.0. The number of benzene rings is 1. The van der Waals surface area contributed by atoms with Gasteiger partial charge in [-0.25, -0.2) is 4.39 Å². The van der Waals surface area contributed by atoms with Gasteiger partial charge in [0, 0.05) is 0 Å². The SMILES string of the molecule is C#CCOc1ccc(F)c(C#N)c1N. The van der Waals surface area contributed by atoms with E-state index in [4.69, 9.17) is 22.2 Å². The number of terminal acetylenes is 1. The highest BCUT2D eigenvalue weighted by Crippen LogP contribution is 2.26. The van der Waals surface area contributed by atoms with Crippen LogP contribution >= 0.6 is 0 Å². The maximum atomic E-state index is 13.0. The van der Waals surface area contributed by atoms with E-state index in [1.54, 1.807) is 6.07 Å². The second kappa shape index (κ2) is 4.15. The summed E-state index contributed by atoms with van der Waals surface area (Å²) < 4.78 is 18.0. The molecular formula is C10H7FN2O. The molecule has 14 heavy (non-hydrogen) atoms. The number of hydrogen-bond acceptors (Lipinski definition) is 3. The van der Waals surface area contributed by atoms with E-state index in [9.17, 15) is 4.39 Å². The predicted octanol–water partition coefficient (Wildman–Crippen LogP) is 1.29. The molecule has 0 aliphatic rings. The fraction of sp³-hybridized carbons (Fsp3) is 0.100. The zero-order chi connectivity index (χ0) is 10.6. The molecule has 0 radical (unpaired) electrons.